The van der Waals surface area contributed by atoms with Crippen molar-refractivity contribution >= 4 is 33.0 Å². The lowest BCUT2D eigenvalue weighted by Gasteiger charge is -2.16. The van der Waals surface area contributed by atoms with E-state index in [4.69, 9.17) is 17.4 Å². The van der Waals surface area contributed by atoms with Crippen LogP contribution in [0.3, 0.4) is 0 Å². The Balaban J connectivity index is 2.18. The maximum atomic E-state index is 6.21. The fourth-order valence-corrected chi connectivity index (χ4v) is 3.54. The van der Waals surface area contributed by atoms with E-state index in [9.17, 15) is 0 Å². The van der Waals surface area contributed by atoms with Crippen molar-refractivity contribution in [3.8, 4) is 0 Å². The lowest BCUT2D eigenvalue weighted by molar-refractivity contribution is 0.579. The van der Waals surface area contributed by atoms with Crippen LogP contribution in [0.15, 0.2) is 35.8 Å². The molecule has 3 N–H and O–H groups in total. The molecule has 0 aliphatic heterocycles. The van der Waals surface area contributed by atoms with Gasteiger partial charge in [0.15, 0.2) is 0 Å². The van der Waals surface area contributed by atoms with Gasteiger partial charge >= 0.3 is 0 Å². The van der Waals surface area contributed by atoms with E-state index in [-0.39, 0.29) is 6.04 Å². The van der Waals surface area contributed by atoms with Crippen LogP contribution in [0.2, 0.25) is 5.02 Å². The standard InChI is InChI=1S/C13H13ClN4S/c1-18-13(10(14)6-16-18)12(17-15)9-7-19-11-5-3-2-4-8(9)11/h2-7,12,17H,15H2,1H3. The quantitative estimate of drug-likeness (QED) is 0.576. The first-order chi connectivity index (χ1) is 9.22. The average molecular weight is 293 g/mol. The molecule has 19 heavy (non-hydrogen) atoms. The van der Waals surface area contributed by atoms with Crippen molar-refractivity contribution in [2.45, 2.75) is 6.04 Å². The zero-order valence-corrected chi connectivity index (χ0v) is 11.9. The topological polar surface area (TPSA) is 55.9 Å². The van der Waals surface area contributed by atoms with Crippen LogP contribution in [0.1, 0.15) is 17.3 Å². The third kappa shape index (κ3) is 2.04. The number of hydrogen-bond donors (Lipinski definition) is 2. The van der Waals surface area contributed by atoms with E-state index in [2.05, 4.69) is 28.0 Å². The highest BCUT2D eigenvalue weighted by Crippen LogP contribution is 2.35. The second-order valence-electron chi connectivity index (χ2n) is 4.29. The van der Waals surface area contributed by atoms with E-state index in [0.717, 1.165) is 11.3 Å². The Hall–Kier alpha value is -1.40. The van der Waals surface area contributed by atoms with Crippen LogP contribution >= 0.6 is 22.9 Å². The Morgan fingerprint density at radius 2 is 2.21 bits per heavy atom. The SMILES string of the molecule is Cn1ncc(Cl)c1C(NN)c1csc2ccccc12. The van der Waals surface area contributed by atoms with E-state index in [1.54, 1.807) is 22.2 Å². The summed E-state index contributed by atoms with van der Waals surface area (Å²) >= 11 is 7.91. The van der Waals surface area contributed by atoms with Gasteiger partial charge in [0.2, 0.25) is 0 Å². The first-order valence-electron chi connectivity index (χ1n) is 5.82. The molecule has 6 heteroatoms. The lowest BCUT2D eigenvalue weighted by Crippen LogP contribution is -2.30. The molecule has 0 saturated heterocycles. The van der Waals surface area contributed by atoms with E-state index < -0.39 is 0 Å². The fourth-order valence-electron chi connectivity index (χ4n) is 2.28. The second-order valence-corrected chi connectivity index (χ2v) is 5.61. The van der Waals surface area contributed by atoms with E-state index in [0.29, 0.717) is 5.02 Å². The summed E-state index contributed by atoms with van der Waals surface area (Å²) in [4.78, 5) is 0. The zero-order chi connectivity index (χ0) is 13.4. The van der Waals surface area contributed by atoms with Crippen molar-refractivity contribution in [3.05, 3.63) is 52.1 Å². The molecule has 98 valence electrons. The van der Waals surface area contributed by atoms with Crippen molar-refractivity contribution < 1.29 is 0 Å². The molecule has 0 saturated carbocycles. The molecule has 1 aromatic carbocycles. The molecule has 1 atom stereocenters. The van der Waals surface area contributed by atoms with Gasteiger partial charge in [0.05, 0.1) is 23.0 Å². The molecule has 0 fully saturated rings. The van der Waals surface area contributed by atoms with Gasteiger partial charge in [-0.3, -0.25) is 10.5 Å². The Labute approximate surface area is 119 Å². The number of rotatable bonds is 3. The van der Waals surface area contributed by atoms with Crippen molar-refractivity contribution in [3.63, 3.8) is 0 Å². The summed E-state index contributed by atoms with van der Waals surface area (Å²) < 4.78 is 2.98. The number of fused-ring (bicyclic) bond motifs is 1. The van der Waals surface area contributed by atoms with E-state index >= 15 is 0 Å². The first kappa shape index (κ1) is 12.6. The summed E-state index contributed by atoms with van der Waals surface area (Å²) in [5, 5.41) is 8.08. The maximum absolute atomic E-state index is 6.21. The molecular formula is C13H13ClN4S. The number of thiophene rings is 1. The average Bonchev–Trinajstić information content (AvgIpc) is 2.98. The lowest BCUT2D eigenvalue weighted by atomic mass is 10.0. The number of hydrazine groups is 1. The summed E-state index contributed by atoms with van der Waals surface area (Å²) in [7, 11) is 1.86. The van der Waals surface area contributed by atoms with Gasteiger partial charge in [0, 0.05) is 11.7 Å². The molecule has 0 bridgehead atoms. The monoisotopic (exact) mass is 292 g/mol. The molecule has 1 unspecified atom stereocenters. The van der Waals surface area contributed by atoms with Crippen LogP contribution < -0.4 is 11.3 Å². The highest BCUT2D eigenvalue weighted by Gasteiger charge is 2.22. The predicted molar refractivity (Wildman–Crippen MR) is 79.2 cm³/mol. The third-order valence-corrected chi connectivity index (χ3v) is 4.47. The first-order valence-corrected chi connectivity index (χ1v) is 7.07. The van der Waals surface area contributed by atoms with Gasteiger partial charge in [-0.15, -0.1) is 11.3 Å². The van der Waals surface area contributed by atoms with Gasteiger partial charge in [-0.25, -0.2) is 5.43 Å². The number of hydrogen-bond acceptors (Lipinski definition) is 4. The summed E-state index contributed by atoms with van der Waals surface area (Å²) in [5.41, 5.74) is 4.83. The summed E-state index contributed by atoms with van der Waals surface area (Å²) in [5.74, 6) is 5.74. The Morgan fingerprint density at radius 1 is 1.42 bits per heavy atom. The number of nitrogens with two attached hydrogens (primary N) is 1. The van der Waals surface area contributed by atoms with Gasteiger partial charge in [-0.05, 0) is 22.4 Å². The van der Waals surface area contributed by atoms with Crippen LogP contribution in [0.4, 0.5) is 0 Å². The summed E-state index contributed by atoms with van der Waals surface area (Å²) in [6, 6.07) is 8.08. The molecule has 0 radical (unpaired) electrons. The number of aromatic nitrogens is 2. The minimum atomic E-state index is -0.170. The van der Waals surface area contributed by atoms with Crippen molar-refractivity contribution in [1.82, 2.24) is 15.2 Å². The molecule has 0 aliphatic carbocycles. The van der Waals surface area contributed by atoms with Crippen LogP contribution in [0.25, 0.3) is 10.1 Å². The van der Waals surface area contributed by atoms with Crippen LogP contribution in [0.5, 0.6) is 0 Å². The molecule has 3 rings (SSSR count). The zero-order valence-electron chi connectivity index (χ0n) is 10.3. The number of nitrogens with one attached hydrogen (secondary N) is 1. The van der Waals surface area contributed by atoms with Gasteiger partial charge < -0.3 is 0 Å². The number of benzene rings is 1. The van der Waals surface area contributed by atoms with Gasteiger partial charge in [-0.2, -0.15) is 5.10 Å². The molecule has 0 spiro atoms. The molecular weight excluding hydrogens is 280 g/mol. The molecule has 2 aromatic heterocycles. The normalized spacial score (nSPS) is 13.0. The van der Waals surface area contributed by atoms with Crippen molar-refractivity contribution in [2.24, 2.45) is 12.9 Å². The van der Waals surface area contributed by atoms with E-state index in [1.807, 2.05) is 19.2 Å². The van der Waals surface area contributed by atoms with Crippen LogP contribution in [-0.2, 0) is 7.05 Å². The van der Waals surface area contributed by atoms with Crippen LogP contribution in [-0.4, -0.2) is 9.78 Å². The number of halogens is 1. The molecule has 4 nitrogen and oxygen atoms in total. The Morgan fingerprint density at radius 3 is 2.89 bits per heavy atom. The maximum Gasteiger partial charge on any atom is 0.0907 e. The molecule has 0 amide bonds. The smallest absolute Gasteiger partial charge is 0.0907 e. The highest BCUT2D eigenvalue weighted by molar-refractivity contribution is 7.17. The summed E-state index contributed by atoms with van der Waals surface area (Å²) in [6.07, 6.45) is 1.63. The van der Waals surface area contributed by atoms with E-state index in [1.165, 1.54) is 10.1 Å². The molecule has 0 aliphatic rings. The third-order valence-electron chi connectivity index (χ3n) is 3.20. The highest BCUT2D eigenvalue weighted by atomic mass is 35.5. The Kier molecular flexibility index (Phi) is 3.28. The molecule has 3 aromatic rings. The minimum absolute atomic E-state index is 0.170. The largest absolute Gasteiger partial charge is 0.271 e. The van der Waals surface area contributed by atoms with Crippen LogP contribution in [0, 0.1) is 0 Å². The predicted octanol–water partition coefficient (Wildman–Crippen LogP) is 2.84. The minimum Gasteiger partial charge on any atom is -0.271 e. The summed E-state index contributed by atoms with van der Waals surface area (Å²) in [6.45, 7) is 0. The van der Waals surface area contributed by atoms with Crippen molar-refractivity contribution in [2.75, 3.05) is 0 Å². The van der Waals surface area contributed by atoms with Crippen molar-refractivity contribution in [1.29, 1.82) is 0 Å². The Bertz CT molecular complexity index is 699. The molecule has 2 heterocycles. The van der Waals surface area contributed by atoms with Gasteiger partial charge in [-0.1, -0.05) is 29.8 Å². The van der Waals surface area contributed by atoms with Gasteiger partial charge in [0.25, 0.3) is 0 Å². The fraction of sp³-hybridized carbons (Fsp3) is 0.154. The second kappa shape index (κ2) is 4.94. The number of aryl methyl sites for hydroxylation is 1. The van der Waals surface area contributed by atoms with Gasteiger partial charge in [0.1, 0.15) is 0 Å². The number of nitrogens with zero attached hydrogens (tertiary/aromatic N) is 2.